The topological polar surface area (TPSA) is 122 Å². The van der Waals surface area contributed by atoms with Crippen molar-refractivity contribution in [1.82, 2.24) is 0 Å². The summed E-state index contributed by atoms with van der Waals surface area (Å²) in [7, 11) is 0. The first-order chi connectivity index (χ1) is 11.9. The predicted octanol–water partition coefficient (Wildman–Crippen LogP) is 2.36. The van der Waals surface area contributed by atoms with Gasteiger partial charge in [-0.25, -0.2) is 4.39 Å². The molecule has 0 aliphatic rings. The van der Waals surface area contributed by atoms with Gasteiger partial charge in [-0.1, -0.05) is 12.1 Å². The number of hydrogen-bond acceptors (Lipinski definition) is 5. The monoisotopic (exact) mass is 342 g/mol. The second-order valence-corrected chi connectivity index (χ2v) is 5.41. The third-order valence-electron chi connectivity index (χ3n) is 3.67. The molecule has 0 saturated heterocycles. The van der Waals surface area contributed by atoms with Crippen LogP contribution in [-0.2, 0) is 11.2 Å². The van der Waals surface area contributed by atoms with Gasteiger partial charge in [0.25, 0.3) is 5.69 Å². The number of nitrogens with one attached hydrogen (secondary N) is 1. The number of non-ortho nitro benzene ring substituents is 1. The van der Waals surface area contributed by atoms with Crippen LogP contribution in [0.3, 0.4) is 0 Å². The minimum atomic E-state index is -0.592. The van der Waals surface area contributed by atoms with Crippen LogP contribution in [0.1, 0.15) is 11.1 Å². The van der Waals surface area contributed by atoms with E-state index >= 15 is 0 Å². The molecule has 8 heteroatoms. The van der Waals surface area contributed by atoms with E-state index in [2.05, 4.69) is 5.32 Å². The number of anilines is 1. The molecule has 1 unspecified atom stereocenters. The molecule has 128 valence electrons. The largest absolute Gasteiger partial charge is 0.383 e. The molecule has 1 amide bonds. The smallest absolute Gasteiger partial charge is 0.270 e. The number of nitro benzene ring substituents is 1. The Kier molecular flexibility index (Phi) is 5.63. The molecule has 7 nitrogen and oxygen atoms in total. The van der Waals surface area contributed by atoms with Crippen LogP contribution in [0.25, 0.3) is 0 Å². The maximum absolute atomic E-state index is 12.9. The highest BCUT2D eigenvalue weighted by Gasteiger charge is 2.17. The summed E-state index contributed by atoms with van der Waals surface area (Å²) in [4.78, 5) is 21.8. The molecule has 0 heterocycles. The van der Waals surface area contributed by atoms with Crippen LogP contribution in [0.15, 0.2) is 42.5 Å². The summed E-state index contributed by atoms with van der Waals surface area (Å²) in [6.07, 6.45) is 0.303. The number of nitrogens with two attached hydrogens (primary N) is 1. The zero-order chi connectivity index (χ0) is 18.4. The lowest BCUT2D eigenvalue weighted by Gasteiger charge is -2.16. The van der Waals surface area contributed by atoms with Crippen molar-refractivity contribution in [3.8, 4) is 6.07 Å². The van der Waals surface area contributed by atoms with E-state index in [1.54, 1.807) is 12.1 Å². The number of rotatable bonds is 7. The molecule has 0 aliphatic heterocycles. The Bertz CT molecular complexity index is 831. The van der Waals surface area contributed by atoms with Gasteiger partial charge in [0.1, 0.15) is 11.9 Å². The Labute approximate surface area is 143 Å². The normalized spacial score (nSPS) is 11.4. The van der Waals surface area contributed by atoms with Gasteiger partial charge in [-0.3, -0.25) is 14.9 Å². The van der Waals surface area contributed by atoms with Crippen LogP contribution in [0, 0.1) is 33.2 Å². The van der Waals surface area contributed by atoms with Crippen LogP contribution >= 0.6 is 0 Å². The first kappa shape index (κ1) is 17.9. The van der Waals surface area contributed by atoms with Crippen molar-refractivity contribution in [1.29, 1.82) is 5.26 Å². The van der Waals surface area contributed by atoms with Gasteiger partial charge in [0.15, 0.2) is 0 Å². The minimum absolute atomic E-state index is 0.0965. The number of nitrogens with zero attached hydrogens (tertiary/aromatic N) is 2. The third kappa shape index (κ3) is 4.75. The molecule has 2 rings (SSSR count). The molecule has 0 radical (unpaired) electrons. The van der Waals surface area contributed by atoms with Crippen LogP contribution in [0.5, 0.6) is 0 Å². The highest BCUT2D eigenvalue weighted by Crippen LogP contribution is 2.22. The number of primary amides is 1. The molecule has 25 heavy (non-hydrogen) atoms. The Hall–Kier alpha value is -3.47. The van der Waals surface area contributed by atoms with Crippen molar-refractivity contribution in [2.24, 2.45) is 11.7 Å². The quantitative estimate of drug-likeness (QED) is 0.591. The Balaban J connectivity index is 2.11. The Morgan fingerprint density at radius 2 is 2.00 bits per heavy atom. The zero-order valence-electron chi connectivity index (χ0n) is 13.1. The van der Waals surface area contributed by atoms with Gasteiger partial charge in [0.2, 0.25) is 5.91 Å². The predicted molar refractivity (Wildman–Crippen MR) is 89.1 cm³/mol. The van der Waals surface area contributed by atoms with Crippen molar-refractivity contribution >= 4 is 17.3 Å². The van der Waals surface area contributed by atoms with E-state index in [0.29, 0.717) is 12.1 Å². The van der Waals surface area contributed by atoms with Crippen molar-refractivity contribution in [3.63, 3.8) is 0 Å². The lowest BCUT2D eigenvalue weighted by atomic mass is 9.98. The number of benzene rings is 2. The summed E-state index contributed by atoms with van der Waals surface area (Å²) in [5.41, 5.74) is 6.43. The Morgan fingerprint density at radius 1 is 1.32 bits per heavy atom. The molecule has 0 spiro atoms. The number of nitriles is 1. The third-order valence-corrected chi connectivity index (χ3v) is 3.67. The number of carbonyl (C=O) groups is 1. The summed E-state index contributed by atoms with van der Waals surface area (Å²) in [6.45, 7) is 0.138. The molecule has 2 aromatic rings. The highest BCUT2D eigenvalue weighted by atomic mass is 19.1. The molecule has 0 aliphatic carbocycles. The van der Waals surface area contributed by atoms with E-state index in [9.17, 15) is 19.3 Å². The maximum atomic E-state index is 12.9. The summed E-state index contributed by atoms with van der Waals surface area (Å²) in [5.74, 6) is -1.51. The summed E-state index contributed by atoms with van der Waals surface area (Å²) < 4.78 is 12.9. The van der Waals surface area contributed by atoms with Gasteiger partial charge in [0.05, 0.1) is 22.1 Å². The van der Waals surface area contributed by atoms with Crippen molar-refractivity contribution in [2.45, 2.75) is 6.42 Å². The first-order valence-electron chi connectivity index (χ1n) is 7.37. The van der Waals surface area contributed by atoms with E-state index in [0.717, 1.165) is 11.6 Å². The molecular weight excluding hydrogens is 327 g/mol. The van der Waals surface area contributed by atoms with Crippen LogP contribution < -0.4 is 11.1 Å². The fourth-order valence-corrected chi connectivity index (χ4v) is 2.30. The van der Waals surface area contributed by atoms with Gasteiger partial charge in [0, 0.05) is 18.7 Å². The van der Waals surface area contributed by atoms with Gasteiger partial charge in [-0.15, -0.1) is 0 Å². The van der Waals surface area contributed by atoms with Crippen LogP contribution in [-0.4, -0.2) is 17.4 Å². The lowest BCUT2D eigenvalue weighted by Crippen LogP contribution is -2.31. The number of carbonyl (C=O) groups excluding carboxylic acids is 1. The first-order valence-corrected chi connectivity index (χ1v) is 7.37. The summed E-state index contributed by atoms with van der Waals surface area (Å²) in [6, 6.07) is 11.4. The van der Waals surface area contributed by atoms with Crippen molar-refractivity contribution < 1.29 is 14.1 Å². The number of halogens is 1. The summed E-state index contributed by atoms with van der Waals surface area (Å²) >= 11 is 0. The molecule has 0 aromatic heterocycles. The average molecular weight is 342 g/mol. The van der Waals surface area contributed by atoms with Crippen LogP contribution in [0.2, 0.25) is 0 Å². The molecule has 0 bridgehead atoms. The second kappa shape index (κ2) is 7.88. The lowest BCUT2D eigenvalue weighted by molar-refractivity contribution is -0.384. The molecule has 0 fully saturated rings. The molecule has 1 atom stereocenters. The van der Waals surface area contributed by atoms with Gasteiger partial charge in [-0.2, -0.15) is 5.26 Å². The molecule has 3 N–H and O–H groups in total. The van der Waals surface area contributed by atoms with E-state index in [-0.39, 0.29) is 23.6 Å². The fourth-order valence-electron chi connectivity index (χ4n) is 2.30. The number of amides is 1. The van der Waals surface area contributed by atoms with Crippen LogP contribution in [0.4, 0.5) is 15.8 Å². The zero-order valence-corrected chi connectivity index (χ0v) is 13.1. The fraction of sp³-hybridized carbons (Fsp3) is 0.176. The van der Waals surface area contributed by atoms with E-state index < -0.39 is 16.7 Å². The van der Waals surface area contributed by atoms with E-state index in [1.165, 1.54) is 24.3 Å². The summed E-state index contributed by atoms with van der Waals surface area (Å²) in [5, 5.41) is 22.8. The maximum Gasteiger partial charge on any atom is 0.270 e. The number of nitro groups is 1. The minimum Gasteiger partial charge on any atom is -0.383 e. The number of hydrogen-bond donors (Lipinski definition) is 2. The SMILES string of the molecule is N#Cc1cc([N+](=O)[O-])ccc1NCC(Cc1ccc(F)cc1)C(N)=O. The Morgan fingerprint density at radius 3 is 2.56 bits per heavy atom. The van der Waals surface area contributed by atoms with E-state index in [1.807, 2.05) is 6.07 Å². The van der Waals surface area contributed by atoms with Gasteiger partial charge >= 0.3 is 0 Å². The van der Waals surface area contributed by atoms with Crippen molar-refractivity contribution in [2.75, 3.05) is 11.9 Å². The van der Waals surface area contributed by atoms with E-state index in [4.69, 9.17) is 11.0 Å². The molecular formula is C17H15FN4O3. The van der Waals surface area contributed by atoms with Crippen molar-refractivity contribution in [3.05, 3.63) is 69.5 Å². The second-order valence-electron chi connectivity index (χ2n) is 5.41. The molecule has 0 saturated carbocycles. The highest BCUT2D eigenvalue weighted by molar-refractivity contribution is 5.78. The average Bonchev–Trinajstić information content (AvgIpc) is 2.59. The van der Waals surface area contributed by atoms with Gasteiger partial charge in [-0.05, 0) is 30.2 Å². The molecule has 2 aromatic carbocycles. The van der Waals surface area contributed by atoms with Gasteiger partial charge < -0.3 is 11.1 Å². The standard InChI is InChI=1S/C17H15FN4O3/c18-14-3-1-11(2-4-14)7-13(17(20)23)10-21-16-6-5-15(22(24)25)8-12(16)9-19/h1-6,8,13,21H,7,10H2,(H2,20,23).